The van der Waals surface area contributed by atoms with Crippen molar-refractivity contribution in [3.8, 4) is 0 Å². The SMILES string of the molecule is Cn1cncc(CN2CC(N3CCN(c4ncccn4)CC3)C2)c1=O. The summed E-state index contributed by atoms with van der Waals surface area (Å²) in [5.41, 5.74) is 0.824. The fraction of sp³-hybridized carbons (Fsp3) is 0.529. The third-order valence-electron chi connectivity index (χ3n) is 5.06. The number of piperazine rings is 1. The van der Waals surface area contributed by atoms with Crippen LogP contribution in [0.25, 0.3) is 0 Å². The van der Waals surface area contributed by atoms with E-state index in [2.05, 4.69) is 29.7 Å². The zero-order chi connectivity index (χ0) is 17.2. The second kappa shape index (κ2) is 6.89. The van der Waals surface area contributed by atoms with Crippen molar-refractivity contribution in [3.63, 3.8) is 0 Å². The largest absolute Gasteiger partial charge is 0.338 e. The van der Waals surface area contributed by atoms with Crippen LogP contribution in [0.1, 0.15) is 5.56 Å². The van der Waals surface area contributed by atoms with Gasteiger partial charge in [0.2, 0.25) is 5.95 Å². The van der Waals surface area contributed by atoms with Crippen LogP contribution in [0.4, 0.5) is 5.95 Å². The third kappa shape index (κ3) is 3.40. The lowest BCUT2D eigenvalue weighted by Crippen LogP contribution is -2.63. The minimum absolute atomic E-state index is 0.0509. The van der Waals surface area contributed by atoms with Gasteiger partial charge in [0.15, 0.2) is 0 Å². The van der Waals surface area contributed by atoms with Gasteiger partial charge in [0.05, 0.1) is 6.33 Å². The first-order valence-electron chi connectivity index (χ1n) is 8.68. The molecule has 0 unspecified atom stereocenters. The van der Waals surface area contributed by atoms with E-state index in [9.17, 15) is 4.79 Å². The van der Waals surface area contributed by atoms with Crippen LogP contribution in [0.5, 0.6) is 0 Å². The molecule has 0 radical (unpaired) electrons. The number of aryl methyl sites for hydroxylation is 1. The quantitative estimate of drug-likeness (QED) is 0.748. The minimum atomic E-state index is 0.0509. The van der Waals surface area contributed by atoms with Gasteiger partial charge in [0.25, 0.3) is 5.56 Å². The Kier molecular flexibility index (Phi) is 4.46. The Morgan fingerprint density at radius 2 is 1.84 bits per heavy atom. The van der Waals surface area contributed by atoms with Gasteiger partial charge in [-0.15, -0.1) is 0 Å². The number of hydrogen-bond donors (Lipinski definition) is 0. The Bertz CT molecular complexity index is 764. The van der Waals surface area contributed by atoms with Gasteiger partial charge in [-0.2, -0.15) is 0 Å². The molecule has 0 N–H and O–H groups in total. The molecule has 2 aliphatic rings. The fourth-order valence-corrected chi connectivity index (χ4v) is 3.55. The number of likely N-dealkylation sites (tertiary alicyclic amines) is 1. The summed E-state index contributed by atoms with van der Waals surface area (Å²) in [5.74, 6) is 0.824. The maximum atomic E-state index is 12.1. The van der Waals surface area contributed by atoms with Crippen LogP contribution in [-0.2, 0) is 13.6 Å². The van der Waals surface area contributed by atoms with E-state index in [4.69, 9.17) is 0 Å². The summed E-state index contributed by atoms with van der Waals surface area (Å²) < 4.78 is 1.54. The first-order valence-corrected chi connectivity index (χ1v) is 8.68. The van der Waals surface area contributed by atoms with Gasteiger partial charge in [0, 0.05) is 83.1 Å². The highest BCUT2D eigenvalue weighted by Gasteiger charge is 2.34. The van der Waals surface area contributed by atoms with Gasteiger partial charge < -0.3 is 9.47 Å². The molecule has 0 atom stereocenters. The van der Waals surface area contributed by atoms with Gasteiger partial charge >= 0.3 is 0 Å². The number of hydrogen-bond acceptors (Lipinski definition) is 7. The second-order valence-electron chi connectivity index (χ2n) is 6.75. The average molecular weight is 341 g/mol. The van der Waals surface area contributed by atoms with Crippen LogP contribution in [-0.4, -0.2) is 74.6 Å². The average Bonchev–Trinajstić information content (AvgIpc) is 2.62. The van der Waals surface area contributed by atoms with Gasteiger partial charge in [-0.3, -0.25) is 14.6 Å². The standard InChI is InChI=1S/C17H23N7O/c1-21-13-18-9-14(16(21)25)10-22-11-15(12-22)23-5-7-24(8-6-23)17-19-3-2-4-20-17/h2-4,9,13,15H,5-8,10-12H2,1H3. The molecule has 0 spiro atoms. The Hall–Kier alpha value is -2.32. The van der Waals surface area contributed by atoms with Crippen molar-refractivity contribution >= 4 is 5.95 Å². The van der Waals surface area contributed by atoms with Crippen molar-refractivity contribution in [2.45, 2.75) is 12.6 Å². The van der Waals surface area contributed by atoms with Crippen LogP contribution in [0, 0.1) is 0 Å². The summed E-state index contributed by atoms with van der Waals surface area (Å²) >= 11 is 0. The van der Waals surface area contributed by atoms with Gasteiger partial charge in [-0.05, 0) is 6.07 Å². The Morgan fingerprint density at radius 1 is 1.12 bits per heavy atom. The number of nitrogens with zero attached hydrogens (tertiary/aromatic N) is 7. The van der Waals surface area contributed by atoms with E-state index in [1.165, 1.54) is 4.57 Å². The van der Waals surface area contributed by atoms with Crippen molar-refractivity contribution in [1.82, 2.24) is 29.3 Å². The molecule has 0 saturated carbocycles. The summed E-state index contributed by atoms with van der Waals surface area (Å²) in [7, 11) is 1.74. The van der Waals surface area contributed by atoms with Gasteiger partial charge in [0.1, 0.15) is 0 Å². The minimum Gasteiger partial charge on any atom is -0.338 e. The van der Waals surface area contributed by atoms with Crippen LogP contribution >= 0.6 is 0 Å². The molecule has 0 amide bonds. The molecule has 0 aliphatic carbocycles. The first kappa shape index (κ1) is 16.2. The smallest absolute Gasteiger partial charge is 0.257 e. The molecule has 2 aromatic heterocycles. The summed E-state index contributed by atoms with van der Waals surface area (Å²) in [4.78, 5) is 31.9. The van der Waals surface area contributed by atoms with Crippen molar-refractivity contribution in [2.24, 2.45) is 7.05 Å². The number of aromatic nitrogens is 4. The van der Waals surface area contributed by atoms with Gasteiger partial charge in [-0.1, -0.05) is 0 Å². The summed E-state index contributed by atoms with van der Waals surface area (Å²) in [5, 5.41) is 0. The zero-order valence-corrected chi connectivity index (χ0v) is 14.5. The molecule has 4 rings (SSSR count). The molecule has 4 heterocycles. The molecule has 132 valence electrons. The molecule has 0 aromatic carbocycles. The Labute approximate surface area is 146 Å². The maximum Gasteiger partial charge on any atom is 0.257 e. The molecule has 8 nitrogen and oxygen atoms in total. The normalized spacial score (nSPS) is 19.8. The van der Waals surface area contributed by atoms with E-state index >= 15 is 0 Å². The van der Waals surface area contributed by atoms with E-state index in [0.717, 1.165) is 50.8 Å². The van der Waals surface area contributed by atoms with E-state index in [1.54, 1.807) is 32.0 Å². The van der Waals surface area contributed by atoms with Crippen molar-refractivity contribution in [1.29, 1.82) is 0 Å². The Morgan fingerprint density at radius 3 is 2.56 bits per heavy atom. The van der Waals surface area contributed by atoms with Crippen molar-refractivity contribution in [2.75, 3.05) is 44.2 Å². The Balaban J connectivity index is 1.26. The lowest BCUT2D eigenvalue weighted by atomic mass is 10.1. The lowest BCUT2D eigenvalue weighted by molar-refractivity contribution is 0.0251. The topological polar surface area (TPSA) is 70.4 Å². The van der Waals surface area contributed by atoms with E-state index in [1.807, 2.05) is 6.07 Å². The molecular weight excluding hydrogens is 318 g/mol. The van der Waals surface area contributed by atoms with Crippen LogP contribution in [0.15, 0.2) is 35.8 Å². The maximum absolute atomic E-state index is 12.1. The van der Waals surface area contributed by atoms with Crippen LogP contribution in [0.2, 0.25) is 0 Å². The summed E-state index contributed by atoms with van der Waals surface area (Å²) in [6.45, 7) is 6.71. The number of anilines is 1. The molecular formula is C17H23N7O. The van der Waals surface area contributed by atoms with E-state index < -0.39 is 0 Å². The summed E-state index contributed by atoms with van der Waals surface area (Å²) in [6.07, 6.45) is 6.83. The highest BCUT2D eigenvalue weighted by Crippen LogP contribution is 2.19. The molecule has 8 heteroatoms. The predicted octanol–water partition coefficient (Wildman–Crippen LogP) is -0.423. The van der Waals surface area contributed by atoms with E-state index in [0.29, 0.717) is 12.6 Å². The van der Waals surface area contributed by atoms with Crippen molar-refractivity contribution in [3.05, 3.63) is 46.9 Å². The van der Waals surface area contributed by atoms with E-state index in [-0.39, 0.29) is 5.56 Å². The highest BCUT2D eigenvalue weighted by molar-refractivity contribution is 5.29. The first-order chi connectivity index (χ1) is 12.2. The molecule has 2 aliphatic heterocycles. The monoisotopic (exact) mass is 341 g/mol. The third-order valence-corrected chi connectivity index (χ3v) is 5.06. The van der Waals surface area contributed by atoms with Crippen molar-refractivity contribution < 1.29 is 0 Å². The second-order valence-corrected chi connectivity index (χ2v) is 6.75. The fourth-order valence-electron chi connectivity index (χ4n) is 3.55. The molecule has 25 heavy (non-hydrogen) atoms. The highest BCUT2D eigenvalue weighted by atomic mass is 16.1. The molecule has 0 bridgehead atoms. The van der Waals surface area contributed by atoms with Crippen LogP contribution in [0.3, 0.4) is 0 Å². The molecule has 2 saturated heterocycles. The lowest BCUT2D eigenvalue weighted by Gasteiger charge is -2.48. The summed E-state index contributed by atoms with van der Waals surface area (Å²) in [6, 6.07) is 2.43. The predicted molar refractivity (Wildman–Crippen MR) is 94.4 cm³/mol. The van der Waals surface area contributed by atoms with Gasteiger partial charge in [-0.25, -0.2) is 15.0 Å². The zero-order valence-electron chi connectivity index (χ0n) is 14.5. The molecule has 2 fully saturated rings. The molecule has 2 aromatic rings. The van der Waals surface area contributed by atoms with Crippen LogP contribution < -0.4 is 10.5 Å². The number of rotatable bonds is 4.